The van der Waals surface area contributed by atoms with Gasteiger partial charge in [-0.2, -0.15) is 0 Å². The highest BCUT2D eigenvalue weighted by molar-refractivity contribution is 9.10. The molecule has 0 fully saturated rings. The third kappa shape index (κ3) is 3.91. The lowest BCUT2D eigenvalue weighted by Crippen LogP contribution is -2.24. The maximum absolute atomic E-state index is 5.81. The number of oxazole rings is 1. The Bertz CT molecular complexity index is 549. The van der Waals surface area contributed by atoms with Gasteiger partial charge < -0.3 is 9.73 Å². The monoisotopic (exact) mass is 322 g/mol. The number of benzene rings is 1. The summed E-state index contributed by atoms with van der Waals surface area (Å²) in [6.07, 6.45) is 2.60. The van der Waals surface area contributed by atoms with Crippen LogP contribution in [0.5, 0.6) is 0 Å². The largest absolute Gasteiger partial charge is 0.441 e. The van der Waals surface area contributed by atoms with Gasteiger partial charge in [-0.15, -0.1) is 0 Å². The minimum absolute atomic E-state index is 0.486. The molecule has 0 bridgehead atoms. The second-order valence-electron chi connectivity index (χ2n) is 4.96. The number of hydrogen-bond acceptors (Lipinski definition) is 3. The number of nitrogens with zero attached hydrogens (tertiary/aromatic N) is 1. The normalized spacial score (nSPS) is 11.2. The summed E-state index contributed by atoms with van der Waals surface area (Å²) in [4.78, 5) is 4.33. The molecule has 0 spiro atoms. The first-order valence-corrected chi connectivity index (χ1v) is 7.30. The molecule has 0 unspecified atom stereocenters. The number of aromatic nitrogens is 1. The van der Waals surface area contributed by atoms with E-state index in [1.165, 1.54) is 5.56 Å². The van der Waals surface area contributed by atoms with Gasteiger partial charge in [0.1, 0.15) is 0 Å². The summed E-state index contributed by atoms with van der Waals surface area (Å²) in [6, 6.07) is 6.69. The van der Waals surface area contributed by atoms with Crippen molar-refractivity contribution in [1.29, 1.82) is 0 Å². The average molecular weight is 323 g/mol. The van der Waals surface area contributed by atoms with Crippen LogP contribution >= 0.6 is 15.9 Å². The molecular formula is C15H19BrN2O. The lowest BCUT2D eigenvalue weighted by atomic mass is 10.1. The van der Waals surface area contributed by atoms with Crippen LogP contribution in [0.1, 0.15) is 25.3 Å². The molecule has 0 aliphatic heterocycles. The van der Waals surface area contributed by atoms with Gasteiger partial charge in [-0.05, 0) is 19.1 Å². The zero-order valence-electron chi connectivity index (χ0n) is 11.5. The minimum Gasteiger partial charge on any atom is -0.441 e. The molecule has 102 valence electrons. The highest BCUT2D eigenvalue weighted by atomic mass is 79.9. The van der Waals surface area contributed by atoms with E-state index in [1.807, 2.05) is 6.07 Å². The summed E-state index contributed by atoms with van der Waals surface area (Å²) in [5, 5.41) is 3.35. The van der Waals surface area contributed by atoms with Crippen molar-refractivity contribution < 1.29 is 4.42 Å². The van der Waals surface area contributed by atoms with Crippen molar-refractivity contribution in [2.75, 3.05) is 6.54 Å². The lowest BCUT2D eigenvalue weighted by molar-refractivity contribution is 0.484. The molecule has 0 aliphatic carbocycles. The molecular weight excluding hydrogens is 304 g/mol. The van der Waals surface area contributed by atoms with E-state index in [4.69, 9.17) is 4.42 Å². The van der Waals surface area contributed by atoms with Crippen LogP contribution in [-0.2, 0) is 6.42 Å². The van der Waals surface area contributed by atoms with Gasteiger partial charge in [0.2, 0.25) is 0 Å². The van der Waals surface area contributed by atoms with E-state index in [0.717, 1.165) is 34.7 Å². The Morgan fingerprint density at radius 2 is 2.16 bits per heavy atom. The third-order valence-electron chi connectivity index (χ3n) is 2.83. The maximum atomic E-state index is 5.81. The first-order chi connectivity index (χ1) is 9.06. The third-order valence-corrected chi connectivity index (χ3v) is 3.52. The highest BCUT2D eigenvalue weighted by Crippen LogP contribution is 2.29. The first-order valence-electron chi connectivity index (χ1n) is 6.51. The Hall–Kier alpha value is -1.13. The van der Waals surface area contributed by atoms with Crippen molar-refractivity contribution >= 4 is 15.9 Å². The molecule has 0 atom stereocenters. The smallest absolute Gasteiger partial charge is 0.196 e. The van der Waals surface area contributed by atoms with Crippen molar-refractivity contribution in [2.24, 2.45) is 0 Å². The van der Waals surface area contributed by atoms with E-state index in [2.05, 4.69) is 59.1 Å². The van der Waals surface area contributed by atoms with Crippen LogP contribution in [0.15, 0.2) is 33.3 Å². The second kappa shape index (κ2) is 6.35. The first kappa shape index (κ1) is 14.3. The highest BCUT2D eigenvalue weighted by Gasteiger charge is 2.10. The zero-order valence-corrected chi connectivity index (χ0v) is 13.1. The van der Waals surface area contributed by atoms with E-state index in [0.29, 0.717) is 6.04 Å². The van der Waals surface area contributed by atoms with E-state index in [1.54, 1.807) is 6.20 Å². The van der Waals surface area contributed by atoms with E-state index >= 15 is 0 Å². The summed E-state index contributed by atoms with van der Waals surface area (Å²) in [6.45, 7) is 7.21. The molecule has 0 saturated heterocycles. The van der Waals surface area contributed by atoms with Crippen LogP contribution < -0.4 is 5.32 Å². The van der Waals surface area contributed by atoms with Crippen LogP contribution in [0.3, 0.4) is 0 Å². The quantitative estimate of drug-likeness (QED) is 0.905. The molecule has 0 aliphatic rings. The summed E-state index contributed by atoms with van der Waals surface area (Å²) in [5.74, 6) is 1.59. The second-order valence-corrected chi connectivity index (χ2v) is 5.81. The molecule has 0 saturated carbocycles. The van der Waals surface area contributed by atoms with Crippen LogP contribution in [0.2, 0.25) is 0 Å². The summed E-state index contributed by atoms with van der Waals surface area (Å²) in [5.41, 5.74) is 2.26. The van der Waals surface area contributed by atoms with Crippen LogP contribution in [0, 0.1) is 6.92 Å². The van der Waals surface area contributed by atoms with Gasteiger partial charge in [0.25, 0.3) is 0 Å². The molecule has 3 nitrogen and oxygen atoms in total. The number of rotatable bonds is 5. The summed E-state index contributed by atoms with van der Waals surface area (Å²) in [7, 11) is 0. The Labute approximate surface area is 122 Å². The fraction of sp³-hybridized carbons (Fsp3) is 0.400. The van der Waals surface area contributed by atoms with Crippen molar-refractivity contribution in [3.8, 4) is 11.3 Å². The Morgan fingerprint density at radius 1 is 1.37 bits per heavy atom. The number of aryl methyl sites for hydroxylation is 1. The Balaban J connectivity index is 2.10. The number of nitrogens with one attached hydrogen (secondary N) is 1. The van der Waals surface area contributed by atoms with Crippen LogP contribution in [0.4, 0.5) is 0 Å². The fourth-order valence-corrected chi connectivity index (χ4v) is 2.29. The van der Waals surface area contributed by atoms with Crippen molar-refractivity contribution in [2.45, 2.75) is 33.2 Å². The van der Waals surface area contributed by atoms with Gasteiger partial charge in [-0.1, -0.05) is 41.4 Å². The van der Waals surface area contributed by atoms with E-state index in [9.17, 15) is 0 Å². The number of hydrogen-bond donors (Lipinski definition) is 1. The average Bonchev–Trinajstić information content (AvgIpc) is 2.80. The fourth-order valence-electron chi connectivity index (χ4n) is 1.85. The minimum atomic E-state index is 0.486. The Morgan fingerprint density at radius 3 is 2.89 bits per heavy atom. The topological polar surface area (TPSA) is 38.1 Å². The van der Waals surface area contributed by atoms with Gasteiger partial charge >= 0.3 is 0 Å². The van der Waals surface area contributed by atoms with Gasteiger partial charge in [0.15, 0.2) is 11.7 Å². The summed E-state index contributed by atoms with van der Waals surface area (Å²) < 4.78 is 6.84. The molecule has 19 heavy (non-hydrogen) atoms. The number of halogens is 1. The SMILES string of the molecule is Cc1ccc(Br)c(-c2cnc(CCNC(C)C)o2)c1. The predicted molar refractivity (Wildman–Crippen MR) is 81.2 cm³/mol. The van der Waals surface area contributed by atoms with Crippen molar-refractivity contribution in [1.82, 2.24) is 10.3 Å². The zero-order chi connectivity index (χ0) is 13.8. The lowest BCUT2D eigenvalue weighted by Gasteiger charge is -2.05. The molecule has 1 N–H and O–H groups in total. The molecule has 0 radical (unpaired) electrons. The van der Waals surface area contributed by atoms with Crippen molar-refractivity contribution in [3.05, 3.63) is 40.3 Å². The van der Waals surface area contributed by atoms with Gasteiger partial charge in [-0.25, -0.2) is 4.98 Å². The maximum Gasteiger partial charge on any atom is 0.196 e. The molecule has 4 heteroatoms. The molecule has 1 aromatic heterocycles. The Kier molecular flexibility index (Phi) is 4.77. The van der Waals surface area contributed by atoms with Crippen molar-refractivity contribution in [3.63, 3.8) is 0 Å². The van der Waals surface area contributed by atoms with E-state index < -0.39 is 0 Å². The van der Waals surface area contributed by atoms with Gasteiger partial charge in [0.05, 0.1) is 6.20 Å². The van der Waals surface area contributed by atoms with Crippen LogP contribution in [-0.4, -0.2) is 17.6 Å². The summed E-state index contributed by atoms with van der Waals surface area (Å²) >= 11 is 3.55. The molecule has 2 aromatic rings. The molecule has 1 aromatic carbocycles. The standard InChI is InChI=1S/C15H19BrN2O/c1-10(2)17-7-6-15-18-9-14(19-15)12-8-11(3)4-5-13(12)16/h4-5,8-10,17H,6-7H2,1-3H3. The molecule has 1 heterocycles. The molecule has 0 amide bonds. The molecule has 2 rings (SSSR count). The van der Waals surface area contributed by atoms with E-state index in [-0.39, 0.29) is 0 Å². The van der Waals surface area contributed by atoms with Gasteiger partial charge in [-0.3, -0.25) is 0 Å². The predicted octanol–water partition coefficient (Wildman–Crippen LogP) is 3.95. The van der Waals surface area contributed by atoms with Crippen LogP contribution in [0.25, 0.3) is 11.3 Å². The van der Waals surface area contributed by atoms with Gasteiger partial charge in [0, 0.05) is 29.0 Å².